The third-order valence-corrected chi connectivity index (χ3v) is 5.24. The van der Waals surface area contributed by atoms with E-state index in [0.717, 1.165) is 36.2 Å². The maximum Gasteiger partial charge on any atom is 0.223 e. The average molecular weight is 345 g/mol. The lowest BCUT2D eigenvalue weighted by atomic mass is 9.96. The van der Waals surface area contributed by atoms with Gasteiger partial charge < -0.3 is 10.3 Å². The van der Waals surface area contributed by atoms with Gasteiger partial charge in [0, 0.05) is 30.4 Å². The first kappa shape index (κ1) is 16.6. The molecule has 0 radical (unpaired) electrons. The second-order valence-electron chi connectivity index (χ2n) is 6.97. The van der Waals surface area contributed by atoms with Gasteiger partial charge in [-0.05, 0) is 42.4 Å². The summed E-state index contributed by atoms with van der Waals surface area (Å²) in [5.41, 5.74) is 3.48. The van der Waals surface area contributed by atoms with Crippen molar-refractivity contribution in [3.8, 4) is 11.4 Å². The van der Waals surface area contributed by atoms with Crippen molar-refractivity contribution in [1.82, 2.24) is 15.3 Å². The third kappa shape index (κ3) is 3.69. The number of amides is 1. The molecule has 0 unspecified atom stereocenters. The Morgan fingerprint density at radius 1 is 1.12 bits per heavy atom. The lowest BCUT2D eigenvalue weighted by Gasteiger charge is -2.13. The van der Waals surface area contributed by atoms with Gasteiger partial charge in [0.2, 0.25) is 5.91 Å². The largest absolute Gasteiger partial charge is 0.352 e. The van der Waals surface area contributed by atoms with Crippen molar-refractivity contribution in [2.45, 2.75) is 31.7 Å². The molecule has 0 aliphatic heterocycles. The van der Waals surface area contributed by atoms with Gasteiger partial charge in [-0.1, -0.05) is 48.5 Å². The normalized spacial score (nSPS) is 19.4. The second-order valence-corrected chi connectivity index (χ2v) is 6.97. The van der Waals surface area contributed by atoms with Gasteiger partial charge in [-0.15, -0.1) is 0 Å². The van der Waals surface area contributed by atoms with Crippen LogP contribution in [0.3, 0.4) is 0 Å². The fraction of sp³-hybridized carbons (Fsp3) is 0.273. The summed E-state index contributed by atoms with van der Waals surface area (Å²) in [6.07, 6.45) is 6.57. The van der Waals surface area contributed by atoms with E-state index in [1.165, 1.54) is 5.56 Å². The van der Waals surface area contributed by atoms with Gasteiger partial charge in [0.15, 0.2) is 0 Å². The van der Waals surface area contributed by atoms with E-state index in [4.69, 9.17) is 0 Å². The molecule has 4 heteroatoms. The number of H-pyrrole nitrogens is 1. The summed E-state index contributed by atoms with van der Waals surface area (Å²) in [6, 6.07) is 18.7. The maximum atomic E-state index is 12.6. The minimum atomic E-state index is 0.119. The van der Waals surface area contributed by atoms with Crippen LogP contribution in [0.2, 0.25) is 0 Å². The summed E-state index contributed by atoms with van der Waals surface area (Å²) in [5.74, 6) is 1.65. The van der Waals surface area contributed by atoms with Crippen molar-refractivity contribution in [2.24, 2.45) is 5.92 Å². The molecule has 132 valence electrons. The van der Waals surface area contributed by atoms with Crippen molar-refractivity contribution in [3.63, 3.8) is 0 Å². The Hall–Kier alpha value is -2.88. The van der Waals surface area contributed by atoms with Gasteiger partial charge in [0.1, 0.15) is 5.82 Å². The molecule has 4 nitrogen and oxygen atoms in total. The number of rotatable bonds is 5. The predicted octanol–water partition coefficient (Wildman–Crippen LogP) is 4.28. The molecule has 2 atom stereocenters. The van der Waals surface area contributed by atoms with Crippen molar-refractivity contribution >= 4 is 5.91 Å². The first-order valence-electron chi connectivity index (χ1n) is 9.21. The first-order valence-corrected chi connectivity index (χ1v) is 9.21. The molecule has 0 spiro atoms. The number of nitrogens with zero attached hydrogens (tertiary/aromatic N) is 1. The SMILES string of the molecule is O=C(NCc1cccc(-c2ncc[nH]2)c1)[C@@H]1CC[C@@H](c2ccccc2)C1. The summed E-state index contributed by atoms with van der Waals surface area (Å²) < 4.78 is 0. The highest BCUT2D eigenvalue weighted by Crippen LogP contribution is 2.38. The van der Waals surface area contributed by atoms with E-state index in [9.17, 15) is 4.79 Å². The molecular weight excluding hydrogens is 322 g/mol. The molecule has 1 aromatic heterocycles. The molecular formula is C22H23N3O. The zero-order valence-electron chi connectivity index (χ0n) is 14.7. The third-order valence-electron chi connectivity index (χ3n) is 5.24. The molecule has 2 aromatic carbocycles. The fourth-order valence-electron chi connectivity index (χ4n) is 3.83. The van der Waals surface area contributed by atoms with Gasteiger partial charge in [-0.3, -0.25) is 4.79 Å². The zero-order chi connectivity index (χ0) is 17.8. The van der Waals surface area contributed by atoms with E-state index in [-0.39, 0.29) is 11.8 Å². The molecule has 1 fully saturated rings. The van der Waals surface area contributed by atoms with Crippen LogP contribution in [0.1, 0.15) is 36.3 Å². The van der Waals surface area contributed by atoms with E-state index in [2.05, 4.69) is 45.6 Å². The van der Waals surface area contributed by atoms with Crippen molar-refractivity contribution in [2.75, 3.05) is 0 Å². The Morgan fingerprint density at radius 3 is 2.81 bits per heavy atom. The zero-order valence-corrected chi connectivity index (χ0v) is 14.7. The molecule has 1 aliphatic carbocycles. The quantitative estimate of drug-likeness (QED) is 0.725. The van der Waals surface area contributed by atoms with Crippen molar-refractivity contribution in [1.29, 1.82) is 0 Å². The van der Waals surface area contributed by atoms with Gasteiger partial charge in [-0.25, -0.2) is 4.98 Å². The predicted molar refractivity (Wildman–Crippen MR) is 102 cm³/mol. The molecule has 3 aromatic rings. The number of aromatic amines is 1. The number of carbonyl (C=O) groups excluding carboxylic acids is 1. The van der Waals surface area contributed by atoms with Gasteiger partial charge >= 0.3 is 0 Å². The molecule has 26 heavy (non-hydrogen) atoms. The van der Waals surface area contributed by atoms with Crippen LogP contribution in [0.25, 0.3) is 11.4 Å². The average Bonchev–Trinajstić information content (AvgIpc) is 3.39. The van der Waals surface area contributed by atoms with E-state index in [1.54, 1.807) is 6.20 Å². The molecule has 1 heterocycles. The first-order chi connectivity index (χ1) is 12.8. The molecule has 2 N–H and O–H groups in total. The van der Waals surface area contributed by atoms with E-state index < -0.39 is 0 Å². The van der Waals surface area contributed by atoms with Crippen molar-refractivity contribution < 1.29 is 4.79 Å². The number of hydrogen-bond donors (Lipinski definition) is 2. The smallest absolute Gasteiger partial charge is 0.223 e. The highest BCUT2D eigenvalue weighted by atomic mass is 16.1. The molecule has 4 rings (SSSR count). The van der Waals surface area contributed by atoms with Crippen LogP contribution in [0.15, 0.2) is 67.0 Å². The highest BCUT2D eigenvalue weighted by molar-refractivity contribution is 5.79. The Balaban J connectivity index is 1.34. The topological polar surface area (TPSA) is 57.8 Å². The highest BCUT2D eigenvalue weighted by Gasteiger charge is 2.30. The van der Waals surface area contributed by atoms with E-state index >= 15 is 0 Å². The lowest BCUT2D eigenvalue weighted by Crippen LogP contribution is -2.28. The van der Waals surface area contributed by atoms with Gasteiger partial charge in [0.05, 0.1) is 0 Å². The summed E-state index contributed by atoms with van der Waals surface area (Å²) in [6.45, 7) is 0.555. The monoisotopic (exact) mass is 345 g/mol. The molecule has 0 bridgehead atoms. The molecule has 1 saturated carbocycles. The second kappa shape index (κ2) is 7.56. The minimum Gasteiger partial charge on any atom is -0.352 e. The number of imidazole rings is 1. The van der Waals surface area contributed by atoms with Crippen LogP contribution in [-0.2, 0) is 11.3 Å². The maximum absolute atomic E-state index is 12.6. The summed E-state index contributed by atoms with van der Waals surface area (Å²) >= 11 is 0. The Labute approximate surface area is 153 Å². The molecule has 0 saturated heterocycles. The van der Waals surface area contributed by atoms with Gasteiger partial charge in [0.25, 0.3) is 0 Å². The van der Waals surface area contributed by atoms with Crippen LogP contribution in [0.4, 0.5) is 0 Å². The number of carbonyl (C=O) groups is 1. The number of aromatic nitrogens is 2. The Kier molecular flexibility index (Phi) is 4.82. The van der Waals surface area contributed by atoms with E-state index in [0.29, 0.717) is 12.5 Å². The van der Waals surface area contributed by atoms with Crippen LogP contribution < -0.4 is 5.32 Å². The Bertz CT molecular complexity index is 858. The minimum absolute atomic E-state index is 0.119. The van der Waals surface area contributed by atoms with Crippen LogP contribution >= 0.6 is 0 Å². The summed E-state index contributed by atoms with van der Waals surface area (Å²) in [5, 5.41) is 3.12. The summed E-state index contributed by atoms with van der Waals surface area (Å²) in [4.78, 5) is 20.0. The fourth-order valence-corrected chi connectivity index (χ4v) is 3.83. The Morgan fingerprint density at radius 2 is 2.00 bits per heavy atom. The number of hydrogen-bond acceptors (Lipinski definition) is 2. The molecule has 1 aliphatic rings. The molecule has 1 amide bonds. The van der Waals surface area contributed by atoms with Crippen molar-refractivity contribution in [3.05, 3.63) is 78.1 Å². The van der Waals surface area contributed by atoms with Crippen LogP contribution in [0.5, 0.6) is 0 Å². The number of nitrogens with one attached hydrogen (secondary N) is 2. The van der Waals surface area contributed by atoms with Gasteiger partial charge in [-0.2, -0.15) is 0 Å². The van der Waals surface area contributed by atoms with Crippen LogP contribution in [0, 0.1) is 5.92 Å². The van der Waals surface area contributed by atoms with E-state index in [1.807, 2.05) is 30.5 Å². The summed E-state index contributed by atoms with van der Waals surface area (Å²) in [7, 11) is 0. The standard InChI is InChI=1S/C22H23N3O/c26-22(20-10-9-18(14-20)17-6-2-1-3-7-17)25-15-16-5-4-8-19(13-16)21-23-11-12-24-21/h1-8,11-13,18,20H,9-10,14-15H2,(H,23,24)(H,25,26)/t18-,20-/m1/s1. The lowest BCUT2D eigenvalue weighted by molar-refractivity contribution is -0.125. The number of benzene rings is 2. The van der Waals surface area contributed by atoms with Crippen LogP contribution in [-0.4, -0.2) is 15.9 Å².